The number of rotatable bonds is 5. The minimum Gasteiger partial charge on any atom is -0.350 e. The molecule has 4 aromatic rings. The average Bonchev–Trinajstić information content (AvgIpc) is 3.18. The first-order chi connectivity index (χ1) is 14.3. The van der Waals surface area contributed by atoms with Crippen LogP contribution in [-0.4, -0.2) is 24.3 Å². The van der Waals surface area contributed by atoms with Crippen LogP contribution in [0, 0.1) is 6.92 Å². The molecule has 6 nitrogen and oxygen atoms in total. The number of halogens is 1. The molecule has 0 radical (unpaired) electrons. The first kappa shape index (κ1) is 20.1. The molecule has 8 heteroatoms. The molecule has 0 fully saturated rings. The van der Waals surface area contributed by atoms with Crippen molar-refractivity contribution in [3.63, 3.8) is 0 Å². The second kappa shape index (κ2) is 7.93. The normalized spacial score (nSPS) is 11.5. The number of sulfone groups is 1. The molecule has 0 saturated heterocycles. The van der Waals surface area contributed by atoms with Gasteiger partial charge in [-0.05, 0) is 54.4 Å². The lowest BCUT2D eigenvalue weighted by molar-refractivity contribution is 0.0946. The summed E-state index contributed by atoms with van der Waals surface area (Å²) in [6.45, 7) is 2.07. The summed E-state index contributed by atoms with van der Waals surface area (Å²) in [5.74, 6) is -0.255. The SMILES string of the molecule is Cc1ccc(Cl)c(S(=O)(=O)c2ccc(CNC(=O)c3cc4cnccc4[nH]3)cc2)c1. The number of benzene rings is 2. The Morgan fingerprint density at radius 1 is 1.10 bits per heavy atom. The zero-order valence-electron chi connectivity index (χ0n) is 16.0. The number of nitrogens with zero attached hydrogens (tertiary/aromatic N) is 1. The summed E-state index contributed by atoms with van der Waals surface area (Å²) in [7, 11) is -3.73. The summed E-state index contributed by atoms with van der Waals surface area (Å²) in [4.78, 5) is 19.7. The van der Waals surface area contributed by atoms with Crippen LogP contribution >= 0.6 is 11.6 Å². The van der Waals surface area contributed by atoms with Gasteiger partial charge in [-0.15, -0.1) is 0 Å². The molecule has 0 aliphatic carbocycles. The molecule has 0 aliphatic rings. The van der Waals surface area contributed by atoms with E-state index >= 15 is 0 Å². The Bertz CT molecular complexity index is 1310. The van der Waals surface area contributed by atoms with Crippen molar-refractivity contribution in [3.05, 3.63) is 88.8 Å². The van der Waals surface area contributed by atoms with E-state index in [0.29, 0.717) is 5.69 Å². The minimum atomic E-state index is -3.73. The van der Waals surface area contributed by atoms with Gasteiger partial charge in [-0.2, -0.15) is 0 Å². The van der Waals surface area contributed by atoms with Crippen LogP contribution in [0.1, 0.15) is 21.6 Å². The summed E-state index contributed by atoms with van der Waals surface area (Å²) in [6.07, 6.45) is 3.34. The molecule has 1 amide bonds. The van der Waals surface area contributed by atoms with E-state index in [2.05, 4.69) is 15.3 Å². The molecule has 0 spiro atoms. The molecule has 0 saturated carbocycles. The maximum absolute atomic E-state index is 12.9. The summed E-state index contributed by atoms with van der Waals surface area (Å²) in [5, 5.41) is 3.86. The zero-order chi connectivity index (χ0) is 21.3. The summed E-state index contributed by atoms with van der Waals surface area (Å²) in [5.41, 5.74) is 2.85. The molecular formula is C22H18ClN3O3S. The van der Waals surface area contributed by atoms with Crippen LogP contribution < -0.4 is 5.32 Å². The quantitative estimate of drug-likeness (QED) is 0.485. The average molecular weight is 440 g/mol. The third-order valence-corrected chi connectivity index (χ3v) is 6.98. The Labute approximate surface area is 178 Å². The highest BCUT2D eigenvalue weighted by molar-refractivity contribution is 7.91. The van der Waals surface area contributed by atoms with E-state index in [0.717, 1.165) is 22.0 Å². The number of aryl methyl sites for hydroxylation is 1. The number of carbonyl (C=O) groups is 1. The molecule has 2 aromatic heterocycles. The van der Waals surface area contributed by atoms with Gasteiger partial charge in [0.15, 0.2) is 0 Å². The highest BCUT2D eigenvalue weighted by Crippen LogP contribution is 2.28. The molecule has 4 rings (SSSR count). The first-order valence-corrected chi connectivity index (χ1v) is 11.0. The highest BCUT2D eigenvalue weighted by atomic mass is 35.5. The summed E-state index contributed by atoms with van der Waals surface area (Å²) < 4.78 is 25.8. The van der Waals surface area contributed by atoms with Gasteiger partial charge >= 0.3 is 0 Å². The lowest BCUT2D eigenvalue weighted by Gasteiger charge is -2.09. The standard InChI is InChI=1S/C22H18ClN3O3S/c1-14-2-7-18(23)21(10-14)30(28,29)17-5-3-15(4-6-17)12-25-22(27)20-11-16-13-24-9-8-19(16)26-20/h2-11,13,26H,12H2,1H3,(H,25,27). The number of carbonyl (C=O) groups excluding carboxylic acids is 1. The summed E-state index contributed by atoms with van der Waals surface area (Å²) >= 11 is 6.10. The van der Waals surface area contributed by atoms with Crippen molar-refractivity contribution < 1.29 is 13.2 Å². The number of hydrogen-bond acceptors (Lipinski definition) is 4. The third kappa shape index (κ3) is 3.94. The van der Waals surface area contributed by atoms with Crippen molar-refractivity contribution in [2.75, 3.05) is 0 Å². The van der Waals surface area contributed by atoms with Crippen molar-refractivity contribution in [2.45, 2.75) is 23.3 Å². The van der Waals surface area contributed by atoms with Crippen LogP contribution in [0.3, 0.4) is 0 Å². The number of amides is 1. The number of aromatic amines is 1. The van der Waals surface area contributed by atoms with E-state index in [4.69, 9.17) is 11.6 Å². The lowest BCUT2D eigenvalue weighted by atomic mass is 10.2. The molecular weight excluding hydrogens is 422 g/mol. The van der Waals surface area contributed by atoms with E-state index < -0.39 is 9.84 Å². The van der Waals surface area contributed by atoms with Crippen LogP contribution in [0.15, 0.2) is 76.8 Å². The van der Waals surface area contributed by atoms with Crippen molar-refractivity contribution in [3.8, 4) is 0 Å². The van der Waals surface area contributed by atoms with Crippen molar-refractivity contribution in [2.24, 2.45) is 0 Å². The van der Waals surface area contributed by atoms with Gasteiger partial charge in [0.25, 0.3) is 5.91 Å². The second-order valence-electron chi connectivity index (χ2n) is 6.91. The fourth-order valence-electron chi connectivity index (χ4n) is 3.10. The lowest BCUT2D eigenvalue weighted by Crippen LogP contribution is -2.23. The van der Waals surface area contributed by atoms with E-state index in [1.165, 1.54) is 12.1 Å². The molecule has 30 heavy (non-hydrogen) atoms. The van der Waals surface area contributed by atoms with E-state index in [9.17, 15) is 13.2 Å². The molecule has 0 atom stereocenters. The smallest absolute Gasteiger partial charge is 0.267 e. The number of hydrogen-bond donors (Lipinski definition) is 2. The summed E-state index contributed by atoms with van der Waals surface area (Å²) in [6, 6.07) is 14.8. The Morgan fingerprint density at radius 3 is 2.60 bits per heavy atom. The van der Waals surface area contributed by atoms with Gasteiger partial charge in [-0.1, -0.05) is 29.8 Å². The van der Waals surface area contributed by atoms with Gasteiger partial charge in [-0.3, -0.25) is 9.78 Å². The van der Waals surface area contributed by atoms with E-state index in [-0.39, 0.29) is 27.3 Å². The molecule has 0 unspecified atom stereocenters. The maximum atomic E-state index is 12.9. The van der Waals surface area contributed by atoms with Gasteiger partial charge in [0.2, 0.25) is 9.84 Å². The van der Waals surface area contributed by atoms with E-state index in [1.54, 1.807) is 54.9 Å². The topological polar surface area (TPSA) is 91.9 Å². The van der Waals surface area contributed by atoms with Gasteiger partial charge in [0.1, 0.15) is 5.69 Å². The number of nitrogens with one attached hydrogen (secondary N) is 2. The van der Waals surface area contributed by atoms with Crippen molar-refractivity contribution in [1.29, 1.82) is 0 Å². The molecule has 2 N–H and O–H groups in total. The van der Waals surface area contributed by atoms with E-state index in [1.807, 2.05) is 6.92 Å². The highest BCUT2D eigenvalue weighted by Gasteiger charge is 2.21. The van der Waals surface area contributed by atoms with Gasteiger partial charge in [-0.25, -0.2) is 8.42 Å². The maximum Gasteiger partial charge on any atom is 0.267 e. The third-order valence-electron chi connectivity index (χ3n) is 4.73. The molecule has 2 aromatic carbocycles. The molecule has 2 heterocycles. The van der Waals surface area contributed by atoms with Crippen LogP contribution in [0.5, 0.6) is 0 Å². The largest absolute Gasteiger partial charge is 0.350 e. The van der Waals surface area contributed by atoms with Gasteiger partial charge in [0.05, 0.1) is 14.8 Å². The van der Waals surface area contributed by atoms with Crippen LogP contribution in [-0.2, 0) is 16.4 Å². The number of pyridine rings is 1. The Morgan fingerprint density at radius 2 is 1.87 bits per heavy atom. The number of aromatic nitrogens is 2. The fraction of sp³-hybridized carbons (Fsp3) is 0.0909. The van der Waals surface area contributed by atoms with Crippen LogP contribution in [0.2, 0.25) is 5.02 Å². The molecule has 152 valence electrons. The molecule has 0 bridgehead atoms. The molecule has 0 aliphatic heterocycles. The fourth-order valence-corrected chi connectivity index (χ4v) is 4.94. The van der Waals surface area contributed by atoms with Crippen molar-refractivity contribution >= 4 is 38.2 Å². The Balaban J connectivity index is 1.48. The first-order valence-electron chi connectivity index (χ1n) is 9.16. The van der Waals surface area contributed by atoms with Crippen molar-refractivity contribution in [1.82, 2.24) is 15.3 Å². The number of fused-ring (bicyclic) bond motifs is 1. The predicted molar refractivity (Wildman–Crippen MR) is 115 cm³/mol. The van der Waals surface area contributed by atoms with Crippen LogP contribution in [0.25, 0.3) is 10.9 Å². The monoisotopic (exact) mass is 439 g/mol. The minimum absolute atomic E-state index is 0.0820. The number of H-pyrrole nitrogens is 1. The van der Waals surface area contributed by atoms with Gasteiger partial charge in [0, 0.05) is 29.8 Å². The Hall–Kier alpha value is -3.16. The van der Waals surface area contributed by atoms with Gasteiger partial charge < -0.3 is 10.3 Å². The van der Waals surface area contributed by atoms with Crippen LogP contribution in [0.4, 0.5) is 0 Å². The Kier molecular flexibility index (Phi) is 5.32. The zero-order valence-corrected chi connectivity index (χ0v) is 17.6. The predicted octanol–water partition coefficient (Wildman–Crippen LogP) is 4.29. The second-order valence-corrected chi connectivity index (χ2v) is 9.24.